The lowest BCUT2D eigenvalue weighted by atomic mass is 10.0. The van der Waals surface area contributed by atoms with Crippen molar-refractivity contribution in [3.05, 3.63) is 48.2 Å². The smallest absolute Gasteiger partial charge is 0.406 e. The number of halogens is 3. The van der Waals surface area contributed by atoms with Gasteiger partial charge in [-0.05, 0) is 36.2 Å². The van der Waals surface area contributed by atoms with E-state index in [0.29, 0.717) is 25.3 Å². The van der Waals surface area contributed by atoms with Gasteiger partial charge in [-0.15, -0.1) is 13.2 Å². The molecule has 0 bridgehead atoms. The van der Waals surface area contributed by atoms with E-state index in [1.807, 2.05) is 13.0 Å². The summed E-state index contributed by atoms with van der Waals surface area (Å²) in [6.45, 7) is 2.90. The van der Waals surface area contributed by atoms with Crippen LogP contribution in [0.3, 0.4) is 0 Å². The van der Waals surface area contributed by atoms with E-state index >= 15 is 0 Å². The van der Waals surface area contributed by atoms with Gasteiger partial charge < -0.3 is 15.4 Å². The van der Waals surface area contributed by atoms with Crippen molar-refractivity contribution >= 4 is 17.5 Å². The topological polar surface area (TPSA) is 71.7 Å². The second-order valence-electron chi connectivity index (χ2n) is 6.07. The molecule has 2 N–H and O–H groups in total. The van der Waals surface area contributed by atoms with E-state index < -0.39 is 12.4 Å². The predicted octanol–water partition coefficient (Wildman–Crippen LogP) is 3.84. The zero-order valence-electron chi connectivity index (χ0n) is 14.6. The number of primary amides is 1. The highest BCUT2D eigenvalue weighted by atomic mass is 19.4. The summed E-state index contributed by atoms with van der Waals surface area (Å²) in [5.74, 6) is 0.216. The van der Waals surface area contributed by atoms with E-state index in [2.05, 4.69) is 14.6 Å². The predicted molar refractivity (Wildman–Crippen MR) is 94.7 cm³/mol. The van der Waals surface area contributed by atoms with Gasteiger partial charge in [0.1, 0.15) is 5.75 Å². The number of amides is 2. The van der Waals surface area contributed by atoms with Crippen LogP contribution in [0.2, 0.25) is 0 Å². The second-order valence-corrected chi connectivity index (χ2v) is 6.07. The lowest BCUT2D eigenvalue weighted by Crippen LogP contribution is -2.47. The first kappa shape index (κ1) is 18.8. The molecule has 0 saturated heterocycles. The Bertz CT molecular complexity index is 811. The number of aromatic nitrogens is 1. The Labute approximate surface area is 154 Å². The number of carbonyl (C=O) groups is 1. The minimum absolute atomic E-state index is 0.0945. The third-order valence-corrected chi connectivity index (χ3v) is 4.42. The van der Waals surface area contributed by atoms with Gasteiger partial charge in [-0.2, -0.15) is 0 Å². The average Bonchev–Trinajstić information content (AvgIpc) is 2.62. The van der Waals surface area contributed by atoms with Gasteiger partial charge >= 0.3 is 12.4 Å². The third kappa shape index (κ3) is 4.07. The van der Waals surface area contributed by atoms with E-state index in [9.17, 15) is 18.0 Å². The molecule has 1 aliphatic rings. The van der Waals surface area contributed by atoms with Gasteiger partial charge in [0.05, 0.1) is 11.7 Å². The first-order valence-corrected chi connectivity index (χ1v) is 8.44. The van der Waals surface area contributed by atoms with Crippen LogP contribution in [-0.2, 0) is 0 Å². The standard InChI is InChI=1S/C18H19F3N4O2/c1-2-14(12-5-7-13(8-6-12)27-18(19,20)21)24-10-11-25(17(22)26)16-15(24)4-3-9-23-16/h3-9,14H,2,10-11H2,1H3,(H2,22,26). The van der Waals surface area contributed by atoms with Crippen molar-refractivity contribution in [2.45, 2.75) is 25.7 Å². The van der Waals surface area contributed by atoms with Crippen LogP contribution in [0.25, 0.3) is 0 Å². The fraction of sp³-hybridized carbons (Fsp3) is 0.333. The number of hydrogen-bond acceptors (Lipinski definition) is 4. The van der Waals surface area contributed by atoms with Gasteiger partial charge in [0.15, 0.2) is 5.82 Å². The molecular formula is C18H19F3N4O2. The lowest BCUT2D eigenvalue weighted by molar-refractivity contribution is -0.274. The Morgan fingerprint density at radius 2 is 1.96 bits per heavy atom. The van der Waals surface area contributed by atoms with E-state index in [1.165, 1.54) is 17.0 Å². The van der Waals surface area contributed by atoms with Crippen molar-refractivity contribution in [2.75, 3.05) is 22.9 Å². The molecule has 2 aromatic rings. The number of ether oxygens (including phenoxy) is 1. The number of alkyl halides is 3. The summed E-state index contributed by atoms with van der Waals surface area (Å²) in [7, 11) is 0. The number of urea groups is 1. The minimum atomic E-state index is -4.72. The quantitative estimate of drug-likeness (QED) is 0.875. The normalized spacial score (nSPS) is 15.3. The number of nitrogens with two attached hydrogens (primary N) is 1. The van der Waals surface area contributed by atoms with E-state index in [-0.39, 0.29) is 11.8 Å². The molecule has 9 heteroatoms. The van der Waals surface area contributed by atoms with Gasteiger partial charge in [0.2, 0.25) is 0 Å². The highest BCUT2D eigenvalue weighted by Gasteiger charge is 2.32. The molecule has 1 aromatic carbocycles. The zero-order chi connectivity index (χ0) is 19.6. The summed E-state index contributed by atoms with van der Waals surface area (Å²) in [6.07, 6.45) is -2.42. The first-order chi connectivity index (χ1) is 12.8. The van der Waals surface area contributed by atoms with Crippen molar-refractivity contribution in [1.29, 1.82) is 0 Å². The van der Waals surface area contributed by atoms with Gasteiger partial charge in [-0.25, -0.2) is 9.78 Å². The number of rotatable bonds is 4. The molecule has 144 valence electrons. The van der Waals surface area contributed by atoms with Crippen LogP contribution in [0, 0.1) is 0 Å². The van der Waals surface area contributed by atoms with Crippen LogP contribution in [0.4, 0.5) is 29.5 Å². The maximum Gasteiger partial charge on any atom is 0.573 e. The molecule has 0 aliphatic carbocycles. The van der Waals surface area contributed by atoms with E-state index in [4.69, 9.17) is 5.73 Å². The van der Waals surface area contributed by atoms with Crippen LogP contribution < -0.4 is 20.3 Å². The zero-order valence-corrected chi connectivity index (χ0v) is 14.6. The summed E-state index contributed by atoms with van der Waals surface area (Å²) in [5, 5.41) is 0. The van der Waals surface area contributed by atoms with Crippen molar-refractivity contribution in [3.8, 4) is 5.75 Å². The maximum absolute atomic E-state index is 12.3. The van der Waals surface area contributed by atoms with E-state index in [1.54, 1.807) is 24.4 Å². The van der Waals surface area contributed by atoms with Crippen molar-refractivity contribution in [2.24, 2.45) is 5.73 Å². The van der Waals surface area contributed by atoms with Crippen molar-refractivity contribution in [1.82, 2.24) is 4.98 Å². The molecule has 0 radical (unpaired) electrons. The molecule has 0 saturated carbocycles. The molecule has 2 heterocycles. The Morgan fingerprint density at radius 3 is 2.56 bits per heavy atom. The van der Waals surface area contributed by atoms with Crippen LogP contribution in [0.5, 0.6) is 5.75 Å². The SMILES string of the molecule is CCC(c1ccc(OC(F)(F)F)cc1)N1CCN(C(N)=O)c2ncccc21. The number of nitrogens with zero attached hydrogens (tertiary/aromatic N) is 3. The third-order valence-electron chi connectivity index (χ3n) is 4.42. The monoisotopic (exact) mass is 380 g/mol. The number of anilines is 2. The van der Waals surface area contributed by atoms with Gasteiger partial charge in [-0.3, -0.25) is 4.90 Å². The highest BCUT2D eigenvalue weighted by molar-refractivity contribution is 5.94. The molecule has 1 atom stereocenters. The Kier molecular flexibility index (Phi) is 5.11. The van der Waals surface area contributed by atoms with E-state index in [0.717, 1.165) is 11.3 Å². The second kappa shape index (κ2) is 7.34. The van der Waals surface area contributed by atoms with Crippen LogP contribution in [-0.4, -0.2) is 30.5 Å². The van der Waals surface area contributed by atoms with Crippen molar-refractivity contribution < 1.29 is 22.7 Å². The highest BCUT2D eigenvalue weighted by Crippen LogP contribution is 2.38. The molecule has 27 heavy (non-hydrogen) atoms. The Morgan fingerprint density at radius 1 is 1.26 bits per heavy atom. The summed E-state index contributed by atoms with van der Waals surface area (Å²) in [4.78, 5) is 19.4. The number of hydrogen-bond donors (Lipinski definition) is 1. The molecule has 3 rings (SSSR count). The largest absolute Gasteiger partial charge is 0.573 e. The first-order valence-electron chi connectivity index (χ1n) is 8.44. The van der Waals surface area contributed by atoms with Gasteiger partial charge in [0, 0.05) is 19.3 Å². The average molecular weight is 380 g/mol. The lowest BCUT2D eigenvalue weighted by Gasteiger charge is -2.40. The number of benzene rings is 1. The summed E-state index contributed by atoms with van der Waals surface area (Å²) in [6, 6.07) is 8.78. The van der Waals surface area contributed by atoms with Crippen LogP contribution >= 0.6 is 0 Å². The summed E-state index contributed by atoms with van der Waals surface area (Å²) < 4.78 is 41.0. The number of pyridine rings is 1. The molecule has 2 amide bonds. The molecule has 1 aliphatic heterocycles. The summed E-state index contributed by atoms with van der Waals surface area (Å²) >= 11 is 0. The molecule has 1 unspecified atom stereocenters. The fourth-order valence-corrected chi connectivity index (χ4v) is 3.32. The van der Waals surface area contributed by atoms with Gasteiger partial charge in [0.25, 0.3) is 0 Å². The summed E-state index contributed by atoms with van der Waals surface area (Å²) in [5.41, 5.74) is 7.03. The van der Waals surface area contributed by atoms with Crippen molar-refractivity contribution in [3.63, 3.8) is 0 Å². The molecule has 0 spiro atoms. The Hall–Kier alpha value is -2.97. The number of carbonyl (C=O) groups excluding carboxylic acids is 1. The minimum Gasteiger partial charge on any atom is -0.406 e. The fourth-order valence-electron chi connectivity index (χ4n) is 3.32. The molecule has 6 nitrogen and oxygen atoms in total. The molecular weight excluding hydrogens is 361 g/mol. The molecule has 0 fully saturated rings. The Balaban J connectivity index is 1.89. The van der Waals surface area contributed by atoms with Crippen LogP contribution in [0.1, 0.15) is 24.9 Å². The van der Waals surface area contributed by atoms with Gasteiger partial charge in [-0.1, -0.05) is 19.1 Å². The molecule has 1 aromatic heterocycles. The number of fused-ring (bicyclic) bond motifs is 1. The van der Waals surface area contributed by atoms with Crippen LogP contribution in [0.15, 0.2) is 42.6 Å². The maximum atomic E-state index is 12.3.